The van der Waals surface area contributed by atoms with Crippen LogP contribution >= 0.6 is 0 Å². The smallest absolute Gasteiger partial charge is 0.317 e. The molecule has 4 nitrogen and oxygen atoms in total. The number of allylic oxidation sites excluding steroid dienone is 4. The molecule has 4 heteroatoms. The van der Waals surface area contributed by atoms with Gasteiger partial charge in [-0.2, -0.15) is 0 Å². The molecule has 0 radical (unpaired) electrons. The lowest BCUT2D eigenvalue weighted by molar-refractivity contribution is -0.145. The molecule has 0 amide bonds. The monoisotopic (exact) mass is 247 g/mol. The van der Waals surface area contributed by atoms with Gasteiger partial charge in [0.1, 0.15) is 5.71 Å². The van der Waals surface area contributed by atoms with Gasteiger partial charge < -0.3 is 4.84 Å². The quantitative estimate of drug-likeness (QED) is 0.437. The summed E-state index contributed by atoms with van der Waals surface area (Å²) >= 11 is 0. The number of hydrogen-bond donors (Lipinski definition) is 0. The van der Waals surface area contributed by atoms with Crippen LogP contribution < -0.4 is 0 Å². The van der Waals surface area contributed by atoms with Gasteiger partial charge in [-0.3, -0.25) is 4.79 Å². The van der Waals surface area contributed by atoms with Gasteiger partial charge in [0.05, 0.1) is 5.92 Å². The maximum absolute atomic E-state index is 11.7. The average molecular weight is 247 g/mol. The largest absolute Gasteiger partial charge is 0.338 e. The summed E-state index contributed by atoms with van der Waals surface area (Å²) in [5, 5.41) is 3.86. The van der Waals surface area contributed by atoms with Gasteiger partial charge in [0.25, 0.3) is 0 Å². The maximum Gasteiger partial charge on any atom is 0.338 e. The van der Waals surface area contributed by atoms with Crippen molar-refractivity contribution in [2.24, 2.45) is 17.0 Å². The van der Waals surface area contributed by atoms with Gasteiger partial charge in [0.2, 0.25) is 0 Å². The summed E-state index contributed by atoms with van der Waals surface area (Å²) < 4.78 is 0. The van der Waals surface area contributed by atoms with Crippen LogP contribution in [0.2, 0.25) is 0 Å². The summed E-state index contributed by atoms with van der Waals surface area (Å²) in [5.41, 5.74) is 1.99. The topological polar surface area (TPSA) is 55.7 Å². The molecule has 0 aromatic heterocycles. The highest BCUT2D eigenvalue weighted by Crippen LogP contribution is 2.30. The lowest BCUT2D eigenvalue weighted by Crippen LogP contribution is -2.16. The Bertz CT molecular complexity index is 479. The Hall–Kier alpha value is -1.71. The van der Waals surface area contributed by atoms with E-state index in [2.05, 4.69) is 5.16 Å². The van der Waals surface area contributed by atoms with E-state index in [4.69, 9.17) is 4.84 Å². The van der Waals surface area contributed by atoms with Crippen molar-refractivity contribution in [1.82, 2.24) is 0 Å². The summed E-state index contributed by atoms with van der Waals surface area (Å²) in [6, 6.07) is 0. The SMILES string of the molecule is CC1=CC(=O)C(C(C)C)=CC1=NOC(=O)C1CC1. The minimum absolute atomic E-state index is 0.00923. The summed E-state index contributed by atoms with van der Waals surface area (Å²) in [5.74, 6) is -0.106. The van der Waals surface area contributed by atoms with E-state index in [0.717, 1.165) is 18.4 Å². The van der Waals surface area contributed by atoms with Crippen molar-refractivity contribution in [3.05, 3.63) is 23.3 Å². The van der Waals surface area contributed by atoms with Crippen LogP contribution in [-0.2, 0) is 14.4 Å². The third-order valence-electron chi connectivity index (χ3n) is 3.10. The zero-order valence-electron chi connectivity index (χ0n) is 10.9. The van der Waals surface area contributed by atoms with Crippen LogP contribution in [-0.4, -0.2) is 17.5 Å². The van der Waals surface area contributed by atoms with Crippen LogP contribution in [0.5, 0.6) is 0 Å². The Morgan fingerprint density at radius 3 is 2.61 bits per heavy atom. The van der Waals surface area contributed by atoms with E-state index >= 15 is 0 Å². The highest BCUT2D eigenvalue weighted by atomic mass is 16.7. The van der Waals surface area contributed by atoms with Gasteiger partial charge in [-0.25, -0.2) is 4.79 Å². The molecule has 2 rings (SSSR count). The molecule has 0 unspecified atom stereocenters. The molecule has 1 fully saturated rings. The number of oxime groups is 1. The van der Waals surface area contributed by atoms with Crippen LogP contribution in [0.15, 0.2) is 28.5 Å². The van der Waals surface area contributed by atoms with Gasteiger partial charge in [-0.15, -0.1) is 0 Å². The van der Waals surface area contributed by atoms with Crippen LogP contribution in [0.1, 0.15) is 33.6 Å². The lowest BCUT2D eigenvalue weighted by atomic mass is 9.90. The number of nitrogens with zero attached hydrogens (tertiary/aromatic N) is 1. The molecular formula is C14H17NO3. The third kappa shape index (κ3) is 2.75. The summed E-state index contributed by atoms with van der Waals surface area (Å²) in [7, 11) is 0. The molecule has 1 saturated carbocycles. The van der Waals surface area contributed by atoms with E-state index in [1.165, 1.54) is 0 Å². The first-order valence-electron chi connectivity index (χ1n) is 6.22. The average Bonchev–Trinajstić information content (AvgIpc) is 3.10. The van der Waals surface area contributed by atoms with Gasteiger partial charge in [-0.05, 0) is 43.4 Å². The van der Waals surface area contributed by atoms with E-state index in [1.807, 2.05) is 13.8 Å². The fourth-order valence-electron chi connectivity index (χ4n) is 1.72. The van der Waals surface area contributed by atoms with Crippen LogP contribution in [0.25, 0.3) is 0 Å². The Morgan fingerprint density at radius 1 is 1.39 bits per heavy atom. The third-order valence-corrected chi connectivity index (χ3v) is 3.10. The first-order valence-corrected chi connectivity index (χ1v) is 6.22. The molecule has 2 aliphatic rings. The molecule has 0 N–H and O–H groups in total. The van der Waals surface area contributed by atoms with Gasteiger partial charge in [-0.1, -0.05) is 19.0 Å². The molecule has 18 heavy (non-hydrogen) atoms. The van der Waals surface area contributed by atoms with Crippen molar-refractivity contribution >= 4 is 17.5 Å². The Kier molecular flexibility index (Phi) is 3.45. The first-order chi connectivity index (χ1) is 8.49. The molecule has 0 aromatic rings. The molecule has 0 saturated heterocycles. The number of carbonyl (C=O) groups is 2. The molecule has 0 heterocycles. The fourth-order valence-corrected chi connectivity index (χ4v) is 1.72. The van der Waals surface area contributed by atoms with E-state index in [9.17, 15) is 9.59 Å². The Balaban J connectivity index is 2.14. The van der Waals surface area contributed by atoms with Crippen molar-refractivity contribution < 1.29 is 14.4 Å². The van der Waals surface area contributed by atoms with Gasteiger partial charge in [0, 0.05) is 5.57 Å². The second-order valence-electron chi connectivity index (χ2n) is 5.11. The Labute approximate surface area is 106 Å². The number of hydrogen-bond acceptors (Lipinski definition) is 4. The van der Waals surface area contributed by atoms with Gasteiger partial charge >= 0.3 is 5.97 Å². The van der Waals surface area contributed by atoms with Crippen LogP contribution in [0.3, 0.4) is 0 Å². The summed E-state index contributed by atoms with van der Waals surface area (Å²) in [6.07, 6.45) is 5.04. The second-order valence-corrected chi connectivity index (χ2v) is 5.11. The van der Waals surface area contributed by atoms with Crippen LogP contribution in [0.4, 0.5) is 0 Å². The highest BCUT2D eigenvalue weighted by molar-refractivity contribution is 6.21. The van der Waals surface area contributed by atoms with Gasteiger partial charge in [0.15, 0.2) is 5.78 Å². The van der Waals surface area contributed by atoms with Crippen molar-refractivity contribution in [1.29, 1.82) is 0 Å². The molecule has 96 valence electrons. The predicted octanol–water partition coefficient (Wildman–Crippen LogP) is 2.41. The standard InChI is InChI=1S/C14H17NO3/c1-8(2)11-7-12(9(3)6-13(11)16)15-18-14(17)10-4-5-10/h6-8,10H,4-5H2,1-3H3. The maximum atomic E-state index is 11.7. The minimum atomic E-state index is -0.272. The van der Waals surface area contributed by atoms with E-state index < -0.39 is 0 Å². The lowest BCUT2D eigenvalue weighted by Gasteiger charge is -2.14. The molecule has 2 aliphatic carbocycles. The molecule has 0 bridgehead atoms. The zero-order valence-corrected chi connectivity index (χ0v) is 10.9. The number of carbonyl (C=O) groups excluding carboxylic acids is 2. The number of ketones is 1. The van der Waals surface area contributed by atoms with Crippen molar-refractivity contribution in [3.8, 4) is 0 Å². The van der Waals surface area contributed by atoms with E-state index in [-0.39, 0.29) is 23.6 Å². The molecule has 0 atom stereocenters. The van der Waals surface area contributed by atoms with Crippen molar-refractivity contribution in [2.75, 3.05) is 0 Å². The normalized spacial score (nSPS) is 22.0. The summed E-state index contributed by atoms with van der Waals surface area (Å²) in [6.45, 7) is 5.69. The Morgan fingerprint density at radius 2 is 2.06 bits per heavy atom. The fraction of sp³-hybridized carbons (Fsp3) is 0.500. The molecule has 0 spiro atoms. The molecular weight excluding hydrogens is 230 g/mol. The molecule has 0 aliphatic heterocycles. The number of rotatable bonds is 3. The van der Waals surface area contributed by atoms with Crippen molar-refractivity contribution in [3.63, 3.8) is 0 Å². The zero-order chi connectivity index (χ0) is 13.3. The predicted molar refractivity (Wildman–Crippen MR) is 67.9 cm³/mol. The first kappa shape index (κ1) is 12.7. The van der Waals surface area contributed by atoms with Crippen LogP contribution in [0, 0.1) is 11.8 Å². The highest BCUT2D eigenvalue weighted by Gasteiger charge is 2.32. The van der Waals surface area contributed by atoms with E-state index in [1.54, 1.807) is 19.1 Å². The minimum Gasteiger partial charge on any atom is -0.317 e. The summed E-state index contributed by atoms with van der Waals surface area (Å²) in [4.78, 5) is 28.0. The van der Waals surface area contributed by atoms with Crippen molar-refractivity contribution in [2.45, 2.75) is 33.6 Å². The second kappa shape index (κ2) is 4.88. The molecule has 0 aromatic carbocycles. The van der Waals surface area contributed by atoms with E-state index in [0.29, 0.717) is 11.3 Å².